The first-order chi connectivity index (χ1) is 12.0. The van der Waals surface area contributed by atoms with Gasteiger partial charge in [0, 0.05) is 11.9 Å². The van der Waals surface area contributed by atoms with Gasteiger partial charge in [0.2, 0.25) is 0 Å². The van der Waals surface area contributed by atoms with E-state index in [1.807, 2.05) is 0 Å². The average Bonchev–Trinajstić information content (AvgIpc) is 2.64. The van der Waals surface area contributed by atoms with Gasteiger partial charge in [0.1, 0.15) is 11.5 Å². The van der Waals surface area contributed by atoms with Crippen LogP contribution in [0.2, 0.25) is 0 Å². The molecule has 0 bridgehead atoms. The Kier molecular flexibility index (Phi) is 9.77. The van der Waals surface area contributed by atoms with Gasteiger partial charge in [0.25, 0.3) is 0 Å². The Morgan fingerprint density at radius 2 is 1.80 bits per heavy atom. The first-order valence-electron chi connectivity index (χ1n) is 8.25. The van der Waals surface area contributed by atoms with Gasteiger partial charge >= 0.3 is 12.1 Å². The molecule has 140 valence electrons. The lowest BCUT2D eigenvalue weighted by Gasteiger charge is -2.13. The van der Waals surface area contributed by atoms with E-state index in [-0.39, 0.29) is 11.5 Å². The first-order valence-corrected chi connectivity index (χ1v) is 8.68. The van der Waals surface area contributed by atoms with E-state index in [1.165, 1.54) is 14.2 Å². The SMILES string of the molecule is CCC(Cl)CCCN=C(OC)Oc1ccc(OC(C)C(=O)OC)cc1. The molecule has 0 fully saturated rings. The van der Waals surface area contributed by atoms with Crippen molar-refractivity contribution in [3.05, 3.63) is 24.3 Å². The number of alkyl halides is 1. The zero-order valence-corrected chi connectivity index (χ0v) is 15.9. The quantitative estimate of drug-likeness (QED) is 0.217. The Hall–Kier alpha value is -1.95. The van der Waals surface area contributed by atoms with Gasteiger partial charge in [0.05, 0.1) is 14.2 Å². The standard InChI is InChI=1S/C18H26ClNO5/c1-5-14(19)7-6-12-20-18(23-4)25-16-10-8-15(9-11-16)24-13(2)17(21)22-3/h8-11,13-14H,5-7,12H2,1-4H3. The third-order valence-electron chi connectivity index (χ3n) is 3.41. The molecule has 0 amide bonds. The summed E-state index contributed by atoms with van der Waals surface area (Å²) >= 11 is 6.07. The maximum absolute atomic E-state index is 11.3. The van der Waals surface area contributed by atoms with Crippen LogP contribution in [-0.2, 0) is 14.3 Å². The van der Waals surface area contributed by atoms with E-state index in [1.54, 1.807) is 31.2 Å². The third-order valence-corrected chi connectivity index (χ3v) is 3.94. The highest BCUT2D eigenvalue weighted by Crippen LogP contribution is 2.19. The lowest BCUT2D eigenvalue weighted by Crippen LogP contribution is -2.24. The molecular formula is C18H26ClNO5. The number of carbonyl (C=O) groups excluding carboxylic acids is 1. The summed E-state index contributed by atoms with van der Waals surface area (Å²) in [6.45, 7) is 4.27. The van der Waals surface area contributed by atoms with Gasteiger partial charge in [-0.05, 0) is 50.5 Å². The lowest BCUT2D eigenvalue weighted by molar-refractivity contribution is -0.147. The second-order valence-electron chi connectivity index (χ2n) is 5.36. The summed E-state index contributed by atoms with van der Waals surface area (Å²) in [6.07, 6.45) is 2.24. The van der Waals surface area contributed by atoms with Crippen molar-refractivity contribution in [1.29, 1.82) is 0 Å². The minimum atomic E-state index is -0.679. The van der Waals surface area contributed by atoms with Gasteiger partial charge in [-0.15, -0.1) is 11.6 Å². The van der Waals surface area contributed by atoms with Crippen LogP contribution in [0.25, 0.3) is 0 Å². The minimum absolute atomic E-state index is 0.182. The summed E-state index contributed by atoms with van der Waals surface area (Å²) in [4.78, 5) is 15.6. The maximum atomic E-state index is 11.3. The zero-order chi connectivity index (χ0) is 18.7. The van der Waals surface area contributed by atoms with Crippen molar-refractivity contribution < 1.29 is 23.7 Å². The molecule has 0 heterocycles. The molecule has 0 aromatic heterocycles. The van der Waals surface area contributed by atoms with Crippen LogP contribution in [0.5, 0.6) is 11.5 Å². The van der Waals surface area contributed by atoms with Gasteiger partial charge < -0.3 is 18.9 Å². The van der Waals surface area contributed by atoms with Crippen molar-refractivity contribution in [2.75, 3.05) is 20.8 Å². The molecule has 1 rings (SSSR count). The highest BCUT2D eigenvalue weighted by molar-refractivity contribution is 6.20. The molecule has 0 aliphatic carbocycles. The van der Waals surface area contributed by atoms with Crippen LogP contribution in [0.4, 0.5) is 0 Å². The summed E-state index contributed by atoms with van der Waals surface area (Å²) in [7, 11) is 2.82. The highest BCUT2D eigenvalue weighted by atomic mass is 35.5. The summed E-state index contributed by atoms with van der Waals surface area (Å²) in [6, 6.07) is 6.81. The van der Waals surface area contributed by atoms with E-state index >= 15 is 0 Å². The number of esters is 1. The summed E-state index contributed by atoms with van der Waals surface area (Å²) in [5.74, 6) is 0.660. The van der Waals surface area contributed by atoms with Crippen LogP contribution < -0.4 is 9.47 Å². The van der Waals surface area contributed by atoms with Crippen molar-refractivity contribution in [3.63, 3.8) is 0 Å². The lowest BCUT2D eigenvalue weighted by atomic mass is 10.2. The fourth-order valence-electron chi connectivity index (χ4n) is 1.93. The average molecular weight is 372 g/mol. The molecule has 0 spiro atoms. The molecule has 7 heteroatoms. The molecule has 2 unspecified atom stereocenters. The van der Waals surface area contributed by atoms with E-state index in [4.69, 9.17) is 25.8 Å². The zero-order valence-electron chi connectivity index (χ0n) is 15.2. The van der Waals surface area contributed by atoms with E-state index in [2.05, 4.69) is 16.7 Å². The monoisotopic (exact) mass is 371 g/mol. The number of hydrogen-bond acceptors (Lipinski definition) is 6. The number of methoxy groups -OCH3 is 2. The Balaban J connectivity index is 2.52. The van der Waals surface area contributed by atoms with E-state index in [9.17, 15) is 4.79 Å². The number of benzene rings is 1. The maximum Gasteiger partial charge on any atom is 0.388 e. The van der Waals surface area contributed by atoms with E-state index < -0.39 is 12.1 Å². The van der Waals surface area contributed by atoms with Crippen molar-refractivity contribution in [2.45, 2.75) is 44.6 Å². The minimum Gasteiger partial charge on any atom is -0.479 e. The fourth-order valence-corrected chi connectivity index (χ4v) is 2.09. The molecule has 6 nitrogen and oxygen atoms in total. The fraction of sp³-hybridized carbons (Fsp3) is 0.556. The number of hydrogen-bond donors (Lipinski definition) is 0. The van der Waals surface area contributed by atoms with Crippen molar-refractivity contribution in [2.24, 2.45) is 4.99 Å². The Morgan fingerprint density at radius 1 is 1.16 bits per heavy atom. The normalized spacial score (nSPS) is 13.7. The molecule has 0 radical (unpaired) electrons. The summed E-state index contributed by atoms with van der Waals surface area (Å²) < 4.78 is 20.8. The topological polar surface area (TPSA) is 66.3 Å². The molecular weight excluding hydrogens is 346 g/mol. The van der Waals surface area contributed by atoms with Crippen molar-refractivity contribution in [3.8, 4) is 11.5 Å². The van der Waals surface area contributed by atoms with Crippen LogP contribution in [0.3, 0.4) is 0 Å². The third kappa shape index (κ3) is 8.12. The van der Waals surface area contributed by atoms with E-state index in [0.717, 1.165) is 19.3 Å². The van der Waals surface area contributed by atoms with E-state index in [0.29, 0.717) is 18.0 Å². The number of carbonyl (C=O) groups is 1. The van der Waals surface area contributed by atoms with Crippen LogP contribution >= 0.6 is 11.6 Å². The van der Waals surface area contributed by atoms with Gasteiger partial charge in [-0.3, -0.25) is 0 Å². The van der Waals surface area contributed by atoms with Crippen LogP contribution in [0.15, 0.2) is 29.3 Å². The van der Waals surface area contributed by atoms with Gasteiger partial charge in [0.15, 0.2) is 6.10 Å². The summed E-state index contributed by atoms with van der Waals surface area (Å²) in [5, 5.41) is 0.182. The number of rotatable bonds is 9. The molecule has 1 aromatic rings. The largest absolute Gasteiger partial charge is 0.479 e. The second-order valence-corrected chi connectivity index (χ2v) is 5.97. The smallest absolute Gasteiger partial charge is 0.388 e. The van der Waals surface area contributed by atoms with Gasteiger partial charge in [-0.1, -0.05) is 6.92 Å². The predicted molar refractivity (Wildman–Crippen MR) is 97.7 cm³/mol. The Bertz CT molecular complexity index is 547. The second kappa shape index (κ2) is 11.6. The molecule has 0 saturated carbocycles. The van der Waals surface area contributed by atoms with Gasteiger partial charge in [-0.25, -0.2) is 9.79 Å². The van der Waals surface area contributed by atoms with Crippen LogP contribution in [0.1, 0.15) is 33.1 Å². The van der Waals surface area contributed by atoms with Crippen LogP contribution in [-0.4, -0.2) is 44.3 Å². The van der Waals surface area contributed by atoms with Crippen molar-refractivity contribution in [1.82, 2.24) is 0 Å². The Morgan fingerprint density at radius 3 is 2.36 bits per heavy atom. The molecule has 2 atom stereocenters. The first kappa shape index (κ1) is 21.1. The molecule has 0 aliphatic rings. The molecule has 25 heavy (non-hydrogen) atoms. The predicted octanol–water partition coefficient (Wildman–Crippen LogP) is 3.81. The van der Waals surface area contributed by atoms with Crippen molar-refractivity contribution >= 4 is 23.7 Å². The number of nitrogens with zero attached hydrogens (tertiary/aromatic N) is 1. The molecule has 1 aromatic carbocycles. The number of halogens is 1. The number of ether oxygens (including phenoxy) is 4. The van der Waals surface area contributed by atoms with Gasteiger partial charge in [-0.2, -0.15) is 0 Å². The molecule has 0 saturated heterocycles. The van der Waals surface area contributed by atoms with Crippen LogP contribution in [0, 0.1) is 0 Å². The Labute approximate surface area is 154 Å². The molecule has 0 aliphatic heterocycles. The molecule has 0 N–H and O–H groups in total. The number of aliphatic imine (C=N–C) groups is 1. The summed E-state index contributed by atoms with van der Waals surface area (Å²) in [5.41, 5.74) is 0. The highest BCUT2D eigenvalue weighted by Gasteiger charge is 2.14.